The molecule has 30 heavy (non-hydrogen) atoms. The lowest BCUT2D eigenvalue weighted by Crippen LogP contribution is -2.51. The van der Waals surface area contributed by atoms with E-state index >= 15 is 0 Å². The summed E-state index contributed by atoms with van der Waals surface area (Å²) in [5.74, 6) is -0.623. The Balaban J connectivity index is 1.58. The molecule has 1 heterocycles. The third-order valence-corrected chi connectivity index (χ3v) is 5.54. The van der Waals surface area contributed by atoms with E-state index in [1.165, 1.54) is 6.07 Å². The van der Waals surface area contributed by atoms with E-state index in [0.29, 0.717) is 40.4 Å². The number of benzene rings is 2. The Hall–Kier alpha value is -2.89. The van der Waals surface area contributed by atoms with E-state index in [-0.39, 0.29) is 6.42 Å². The largest absolute Gasteiger partial charge is 0.441 e. The molecule has 0 saturated heterocycles. The smallest absolute Gasteiger partial charge is 0.251 e. The molecule has 4 rings (SSSR count). The molecule has 2 N–H and O–H groups in total. The van der Waals surface area contributed by atoms with Crippen molar-refractivity contribution in [3.05, 3.63) is 63.4 Å². The fraction of sp³-hybridized carbons (Fsp3) is 0.238. The number of rotatable bonds is 6. The number of halogens is 2. The molecule has 2 amide bonds. The summed E-state index contributed by atoms with van der Waals surface area (Å²) in [6, 6.07) is 13.0. The summed E-state index contributed by atoms with van der Waals surface area (Å²) in [5, 5.41) is 15.1. The second-order valence-electron chi connectivity index (χ2n) is 7.14. The average Bonchev–Trinajstić information content (AvgIpc) is 3.38. The maximum absolute atomic E-state index is 12.9. The number of carbonyl (C=O) groups excluding carboxylic acids is 2. The SMILES string of the molecule is N#CC1(NC(=O)[C@H](Cc2nc3ccc(Br)cc3o2)NC(=O)c2cccc(Cl)c2)CC1. The van der Waals surface area contributed by atoms with Gasteiger partial charge in [0.2, 0.25) is 5.91 Å². The molecule has 9 heteroatoms. The normalized spacial score (nSPS) is 15.2. The van der Waals surface area contributed by atoms with Gasteiger partial charge in [-0.15, -0.1) is 0 Å². The molecular formula is C21H16BrClN4O3. The molecule has 0 bridgehead atoms. The highest BCUT2D eigenvalue weighted by Crippen LogP contribution is 2.34. The van der Waals surface area contributed by atoms with Crippen LogP contribution in [0.15, 0.2) is 51.4 Å². The lowest BCUT2D eigenvalue weighted by molar-refractivity contribution is -0.123. The van der Waals surface area contributed by atoms with Gasteiger partial charge in [0.05, 0.1) is 12.5 Å². The van der Waals surface area contributed by atoms with Crippen LogP contribution in [0.4, 0.5) is 0 Å². The molecule has 1 aliphatic rings. The van der Waals surface area contributed by atoms with Gasteiger partial charge in [-0.3, -0.25) is 9.59 Å². The van der Waals surface area contributed by atoms with E-state index in [0.717, 1.165) is 4.47 Å². The third-order valence-electron chi connectivity index (χ3n) is 4.81. The zero-order valence-corrected chi connectivity index (χ0v) is 18.0. The van der Waals surface area contributed by atoms with Crippen molar-refractivity contribution in [3.63, 3.8) is 0 Å². The van der Waals surface area contributed by atoms with Crippen LogP contribution in [0.1, 0.15) is 29.1 Å². The minimum atomic E-state index is -0.973. The summed E-state index contributed by atoms with van der Waals surface area (Å²) in [4.78, 5) is 30.0. The van der Waals surface area contributed by atoms with Crippen LogP contribution < -0.4 is 10.6 Å². The zero-order chi connectivity index (χ0) is 21.3. The number of hydrogen-bond acceptors (Lipinski definition) is 5. The van der Waals surface area contributed by atoms with Crippen molar-refractivity contribution in [1.29, 1.82) is 5.26 Å². The first-order chi connectivity index (χ1) is 14.4. The van der Waals surface area contributed by atoms with Crippen LogP contribution in [0.25, 0.3) is 11.1 Å². The summed E-state index contributed by atoms with van der Waals surface area (Å²) in [7, 11) is 0. The van der Waals surface area contributed by atoms with Crippen molar-refractivity contribution >= 4 is 50.4 Å². The number of nitriles is 1. The molecule has 1 aromatic heterocycles. The molecule has 7 nitrogen and oxygen atoms in total. The van der Waals surface area contributed by atoms with Gasteiger partial charge < -0.3 is 15.1 Å². The van der Waals surface area contributed by atoms with Crippen molar-refractivity contribution in [2.75, 3.05) is 0 Å². The second kappa shape index (κ2) is 8.09. The Labute approximate surface area is 185 Å². The second-order valence-corrected chi connectivity index (χ2v) is 8.50. The summed E-state index contributed by atoms with van der Waals surface area (Å²) in [6.07, 6.45) is 1.20. The fourth-order valence-electron chi connectivity index (χ4n) is 3.00. The molecule has 0 radical (unpaired) electrons. The van der Waals surface area contributed by atoms with Crippen LogP contribution in [0, 0.1) is 11.3 Å². The minimum Gasteiger partial charge on any atom is -0.441 e. The summed E-state index contributed by atoms with van der Waals surface area (Å²) < 4.78 is 6.59. The average molecular weight is 488 g/mol. The Kier molecular flexibility index (Phi) is 5.50. The number of hydrogen-bond donors (Lipinski definition) is 2. The molecule has 0 aliphatic heterocycles. The van der Waals surface area contributed by atoms with Crippen molar-refractivity contribution in [3.8, 4) is 6.07 Å². The maximum Gasteiger partial charge on any atom is 0.251 e. The van der Waals surface area contributed by atoms with Gasteiger partial charge in [0.25, 0.3) is 5.91 Å². The van der Waals surface area contributed by atoms with Crippen LogP contribution in [-0.4, -0.2) is 28.4 Å². The maximum atomic E-state index is 12.9. The topological polar surface area (TPSA) is 108 Å². The summed E-state index contributed by atoms with van der Waals surface area (Å²) in [6.45, 7) is 0. The van der Waals surface area contributed by atoms with E-state index in [2.05, 4.69) is 37.6 Å². The summed E-state index contributed by atoms with van der Waals surface area (Å²) >= 11 is 9.34. The van der Waals surface area contributed by atoms with Crippen molar-refractivity contribution in [2.24, 2.45) is 0 Å². The molecule has 0 unspecified atom stereocenters. The molecule has 1 saturated carbocycles. The number of oxazole rings is 1. The molecule has 2 aromatic carbocycles. The highest BCUT2D eigenvalue weighted by Gasteiger charge is 2.45. The Bertz CT molecular complexity index is 1180. The number of aromatic nitrogens is 1. The van der Waals surface area contributed by atoms with E-state index in [1.54, 1.807) is 30.3 Å². The zero-order valence-electron chi connectivity index (χ0n) is 15.6. The quantitative estimate of drug-likeness (QED) is 0.550. The number of amides is 2. The molecule has 3 aromatic rings. The lowest BCUT2D eigenvalue weighted by Gasteiger charge is -2.19. The minimum absolute atomic E-state index is 0.0337. The van der Waals surface area contributed by atoms with Crippen molar-refractivity contribution in [2.45, 2.75) is 30.8 Å². The predicted octanol–water partition coefficient (Wildman–Crippen LogP) is 3.76. The van der Waals surface area contributed by atoms with Gasteiger partial charge >= 0.3 is 0 Å². The monoisotopic (exact) mass is 486 g/mol. The van der Waals surface area contributed by atoms with E-state index < -0.39 is 23.4 Å². The van der Waals surface area contributed by atoms with E-state index in [1.807, 2.05) is 6.07 Å². The van der Waals surface area contributed by atoms with Crippen LogP contribution >= 0.6 is 27.5 Å². The highest BCUT2D eigenvalue weighted by molar-refractivity contribution is 9.10. The van der Waals surface area contributed by atoms with Gasteiger partial charge in [0.15, 0.2) is 11.5 Å². The molecule has 1 aliphatic carbocycles. The predicted molar refractivity (Wildman–Crippen MR) is 114 cm³/mol. The van der Waals surface area contributed by atoms with Crippen LogP contribution in [-0.2, 0) is 11.2 Å². The van der Waals surface area contributed by atoms with E-state index in [9.17, 15) is 14.9 Å². The number of nitrogens with zero attached hydrogens (tertiary/aromatic N) is 2. The van der Waals surface area contributed by atoms with Gasteiger partial charge in [-0.05, 0) is 49.2 Å². The van der Waals surface area contributed by atoms with Gasteiger partial charge in [0.1, 0.15) is 17.1 Å². The molecule has 152 valence electrons. The molecule has 1 atom stereocenters. The van der Waals surface area contributed by atoms with Crippen LogP contribution in [0.2, 0.25) is 5.02 Å². The third kappa shape index (κ3) is 4.48. The van der Waals surface area contributed by atoms with Gasteiger partial charge in [-0.1, -0.05) is 33.6 Å². The lowest BCUT2D eigenvalue weighted by atomic mass is 10.1. The number of nitrogens with one attached hydrogen (secondary N) is 2. The Morgan fingerprint density at radius 3 is 2.80 bits per heavy atom. The number of carbonyl (C=O) groups is 2. The van der Waals surface area contributed by atoms with Crippen molar-refractivity contribution < 1.29 is 14.0 Å². The van der Waals surface area contributed by atoms with Gasteiger partial charge in [-0.2, -0.15) is 5.26 Å². The first-order valence-corrected chi connectivity index (χ1v) is 10.4. The Morgan fingerprint density at radius 2 is 2.10 bits per heavy atom. The van der Waals surface area contributed by atoms with Gasteiger partial charge in [-0.25, -0.2) is 4.98 Å². The van der Waals surface area contributed by atoms with Gasteiger partial charge in [0, 0.05) is 15.1 Å². The standard InChI is InChI=1S/C21H16BrClN4O3/c22-13-4-5-15-17(9-13)30-18(25-15)10-16(20(29)27-21(11-24)6-7-21)26-19(28)12-2-1-3-14(23)8-12/h1-5,8-9,16H,6-7,10H2,(H,26,28)(H,27,29)/t16-/m0/s1. The molecule has 0 spiro atoms. The van der Waals surface area contributed by atoms with Crippen LogP contribution in [0.5, 0.6) is 0 Å². The molecular weight excluding hydrogens is 472 g/mol. The Morgan fingerprint density at radius 1 is 1.30 bits per heavy atom. The number of fused-ring (bicyclic) bond motifs is 1. The van der Waals surface area contributed by atoms with E-state index in [4.69, 9.17) is 16.0 Å². The van der Waals surface area contributed by atoms with Crippen LogP contribution in [0.3, 0.4) is 0 Å². The van der Waals surface area contributed by atoms with Crippen molar-refractivity contribution in [1.82, 2.24) is 15.6 Å². The first kappa shape index (κ1) is 20.4. The molecule has 1 fully saturated rings. The highest BCUT2D eigenvalue weighted by atomic mass is 79.9. The first-order valence-electron chi connectivity index (χ1n) is 9.22. The fourth-order valence-corrected chi connectivity index (χ4v) is 3.53. The summed E-state index contributed by atoms with van der Waals surface area (Å²) in [5.41, 5.74) is 0.672.